The van der Waals surface area contributed by atoms with E-state index < -0.39 is 0 Å². The summed E-state index contributed by atoms with van der Waals surface area (Å²) in [5.74, 6) is 0. The predicted molar refractivity (Wildman–Crippen MR) is 52.0 cm³/mol. The molecule has 0 aliphatic rings. The maximum absolute atomic E-state index is 5.31. The highest BCUT2D eigenvalue weighted by Gasteiger charge is 1.84. The molecule has 0 unspecified atom stereocenters. The second-order valence-electron chi connectivity index (χ2n) is 2.32. The zero-order valence-corrected chi connectivity index (χ0v) is 6.65. The van der Waals surface area contributed by atoms with E-state index in [2.05, 4.69) is 13.8 Å². The van der Waals surface area contributed by atoms with Gasteiger partial charge < -0.3 is 4.74 Å². The van der Waals surface area contributed by atoms with Crippen molar-refractivity contribution >= 4 is 11.0 Å². The summed E-state index contributed by atoms with van der Waals surface area (Å²) < 4.78 is 5.31. The molecule has 0 fully saturated rings. The van der Waals surface area contributed by atoms with Crippen molar-refractivity contribution in [1.82, 2.24) is 0 Å². The summed E-state index contributed by atoms with van der Waals surface area (Å²) in [4.78, 5) is 0. The molecule has 0 radical (unpaired) electrons. The Morgan fingerprint density at radius 1 is 0.900 bits per heavy atom. The summed E-state index contributed by atoms with van der Waals surface area (Å²) in [7, 11) is 0. The molecule has 0 aliphatic carbocycles. The summed E-state index contributed by atoms with van der Waals surface area (Å²) in [5.41, 5.74) is 0. The Balaban J connectivity index is 0. The Labute approximate surface area is 69.2 Å². The van der Waals surface area contributed by atoms with Crippen LogP contribution in [0.15, 0.2) is 0 Å². The van der Waals surface area contributed by atoms with Crippen LogP contribution in [-0.4, -0.2) is 24.2 Å². The van der Waals surface area contributed by atoms with E-state index in [1.54, 1.807) is 0 Å². The monoisotopic (exact) mass is 162 g/mol. The smallest absolute Gasteiger partial charge is 0.0465 e. The first kappa shape index (κ1) is 12.8. The zero-order valence-electron chi connectivity index (χ0n) is 6.65. The lowest BCUT2D eigenvalue weighted by molar-refractivity contribution is 0.128. The van der Waals surface area contributed by atoms with Crippen LogP contribution in [0.5, 0.6) is 0 Å². The molecule has 2 heteroatoms. The second kappa shape index (κ2) is 11.9. The first-order valence-electron chi connectivity index (χ1n) is 3.99. The first-order chi connectivity index (χ1) is 4.41. The number of ether oxygens (including phenoxy) is 1. The Kier molecular flexibility index (Phi) is 15.3. The van der Waals surface area contributed by atoms with E-state index in [4.69, 9.17) is 4.74 Å². The molecule has 0 spiro atoms. The number of rotatable bonds is 6. The third-order valence-electron chi connectivity index (χ3n) is 1.28. The third-order valence-corrected chi connectivity index (χ3v) is 1.28. The summed E-state index contributed by atoms with van der Waals surface area (Å²) in [5, 5.41) is 0. The predicted octanol–water partition coefficient (Wildman–Crippen LogP) is 1.15. The molecule has 0 aromatic heterocycles. The highest BCUT2D eigenvalue weighted by atomic mass is 28.1. The molecule has 0 saturated carbocycles. The highest BCUT2D eigenvalue weighted by Crippen LogP contribution is 1.91. The van der Waals surface area contributed by atoms with Crippen LogP contribution < -0.4 is 0 Å². The lowest BCUT2D eigenvalue weighted by atomic mass is 10.3. The Bertz CT molecular complexity index is 42.5. The van der Waals surface area contributed by atoms with Crippen LogP contribution in [0.3, 0.4) is 0 Å². The van der Waals surface area contributed by atoms with Gasteiger partial charge in [-0.25, -0.2) is 0 Å². The molecule has 0 saturated heterocycles. The van der Waals surface area contributed by atoms with Gasteiger partial charge in [0, 0.05) is 13.2 Å². The average molecular weight is 162 g/mol. The van der Waals surface area contributed by atoms with Gasteiger partial charge in [0.25, 0.3) is 0 Å². The number of hydrogen-bond donors (Lipinski definition) is 0. The van der Waals surface area contributed by atoms with Gasteiger partial charge in [0.05, 0.1) is 0 Å². The molecule has 0 aromatic rings. The Hall–Kier alpha value is 0.177. The van der Waals surface area contributed by atoms with Gasteiger partial charge in [0.2, 0.25) is 0 Å². The standard InChI is InChI=1S/C8H18O.H4Si/c1-3-5-7-9-8-6-4-2;/h3-8H2,1-2H3;1H4. The minimum atomic E-state index is 0. The van der Waals surface area contributed by atoms with Crippen molar-refractivity contribution in [2.75, 3.05) is 13.2 Å². The summed E-state index contributed by atoms with van der Waals surface area (Å²) in [6, 6.07) is 0. The van der Waals surface area contributed by atoms with E-state index in [1.807, 2.05) is 0 Å². The minimum absolute atomic E-state index is 0. The molecule has 64 valence electrons. The van der Waals surface area contributed by atoms with E-state index in [0.717, 1.165) is 13.2 Å². The van der Waals surface area contributed by atoms with Gasteiger partial charge in [-0.05, 0) is 23.8 Å². The van der Waals surface area contributed by atoms with Gasteiger partial charge in [-0.15, -0.1) is 0 Å². The molecule has 0 bridgehead atoms. The molecular formula is C8H22OSi. The largest absolute Gasteiger partial charge is 0.381 e. The summed E-state index contributed by atoms with van der Waals surface area (Å²) in [6.07, 6.45) is 4.91. The SMILES string of the molecule is CCCCOCCCC.[SiH4]. The van der Waals surface area contributed by atoms with E-state index >= 15 is 0 Å². The van der Waals surface area contributed by atoms with Crippen molar-refractivity contribution < 1.29 is 4.74 Å². The first-order valence-corrected chi connectivity index (χ1v) is 3.99. The van der Waals surface area contributed by atoms with E-state index in [9.17, 15) is 0 Å². The quantitative estimate of drug-likeness (QED) is 0.420. The fraction of sp³-hybridized carbons (Fsp3) is 1.00. The molecule has 1 nitrogen and oxygen atoms in total. The van der Waals surface area contributed by atoms with Gasteiger partial charge in [-0.1, -0.05) is 26.7 Å². The normalized spacial score (nSPS) is 9.00. The van der Waals surface area contributed by atoms with Crippen molar-refractivity contribution in [3.8, 4) is 0 Å². The zero-order chi connectivity index (χ0) is 6.95. The van der Waals surface area contributed by atoms with Crippen molar-refractivity contribution in [2.24, 2.45) is 0 Å². The van der Waals surface area contributed by atoms with Crippen LogP contribution in [0.4, 0.5) is 0 Å². The molecule has 0 rings (SSSR count). The van der Waals surface area contributed by atoms with Crippen LogP contribution in [0.25, 0.3) is 0 Å². The third kappa shape index (κ3) is 11.0. The molecule has 0 heterocycles. The van der Waals surface area contributed by atoms with Gasteiger partial charge in [0.1, 0.15) is 0 Å². The molecule has 10 heavy (non-hydrogen) atoms. The van der Waals surface area contributed by atoms with E-state index in [1.165, 1.54) is 25.7 Å². The summed E-state index contributed by atoms with van der Waals surface area (Å²) in [6.45, 7) is 6.28. The lowest BCUT2D eigenvalue weighted by Crippen LogP contribution is -1.95. The summed E-state index contributed by atoms with van der Waals surface area (Å²) >= 11 is 0. The van der Waals surface area contributed by atoms with E-state index in [-0.39, 0.29) is 11.0 Å². The van der Waals surface area contributed by atoms with Crippen molar-refractivity contribution in [2.45, 2.75) is 39.5 Å². The fourth-order valence-corrected chi connectivity index (χ4v) is 0.595. The van der Waals surface area contributed by atoms with E-state index in [0.29, 0.717) is 0 Å². The molecule has 0 aliphatic heterocycles. The van der Waals surface area contributed by atoms with Gasteiger partial charge >= 0.3 is 0 Å². The lowest BCUT2D eigenvalue weighted by Gasteiger charge is -1.99. The van der Waals surface area contributed by atoms with Crippen LogP contribution in [-0.2, 0) is 4.74 Å². The Morgan fingerprint density at radius 3 is 1.60 bits per heavy atom. The molecule has 0 atom stereocenters. The maximum Gasteiger partial charge on any atom is 0.0465 e. The van der Waals surface area contributed by atoms with Crippen LogP contribution in [0, 0.1) is 0 Å². The van der Waals surface area contributed by atoms with Crippen LogP contribution >= 0.6 is 0 Å². The second-order valence-corrected chi connectivity index (χ2v) is 2.32. The molecule has 0 amide bonds. The topological polar surface area (TPSA) is 9.23 Å². The molecule has 0 N–H and O–H groups in total. The number of hydrogen-bond acceptors (Lipinski definition) is 1. The minimum Gasteiger partial charge on any atom is -0.381 e. The van der Waals surface area contributed by atoms with Crippen molar-refractivity contribution in [3.63, 3.8) is 0 Å². The van der Waals surface area contributed by atoms with Gasteiger partial charge in [-0.2, -0.15) is 0 Å². The molecular weight excluding hydrogens is 140 g/mol. The van der Waals surface area contributed by atoms with Crippen molar-refractivity contribution in [3.05, 3.63) is 0 Å². The highest BCUT2D eigenvalue weighted by molar-refractivity contribution is 5.75. The number of unbranched alkanes of at least 4 members (excludes halogenated alkanes) is 2. The van der Waals surface area contributed by atoms with Gasteiger partial charge in [0.15, 0.2) is 0 Å². The van der Waals surface area contributed by atoms with Crippen LogP contribution in [0.1, 0.15) is 39.5 Å². The van der Waals surface area contributed by atoms with Crippen molar-refractivity contribution in [1.29, 1.82) is 0 Å². The molecule has 0 aromatic carbocycles. The van der Waals surface area contributed by atoms with Gasteiger partial charge in [-0.3, -0.25) is 0 Å². The average Bonchev–Trinajstić information content (AvgIpc) is 1.89. The van der Waals surface area contributed by atoms with Crippen LogP contribution in [0.2, 0.25) is 0 Å². The fourth-order valence-electron chi connectivity index (χ4n) is 0.595. The Morgan fingerprint density at radius 2 is 1.30 bits per heavy atom. The maximum atomic E-state index is 5.31.